The number of sulfone groups is 1. The van der Waals surface area contributed by atoms with Gasteiger partial charge in [0, 0.05) is 10.6 Å². The largest absolute Gasteiger partial charge is 0.330 e. The summed E-state index contributed by atoms with van der Waals surface area (Å²) in [6.45, 7) is 0.524. The molecule has 3 rings (SSSR count). The van der Waals surface area contributed by atoms with Crippen LogP contribution in [0.5, 0.6) is 0 Å². The van der Waals surface area contributed by atoms with Gasteiger partial charge in [-0.3, -0.25) is 0 Å². The maximum Gasteiger partial charge on any atom is 0.188 e. The zero-order valence-corrected chi connectivity index (χ0v) is 16.4. The van der Waals surface area contributed by atoms with E-state index in [1.54, 1.807) is 0 Å². The van der Waals surface area contributed by atoms with E-state index in [1.807, 2.05) is 0 Å². The summed E-state index contributed by atoms with van der Waals surface area (Å²) >= 11 is 5.88. The van der Waals surface area contributed by atoms with Gasteiger partial charge in [-0.25, -0.2) is 17.2 Å². The van der Waals surface area contributed by atoms with Gasteiger partial charge in [0.2, 0.25) is 0 Å². The standard InChI is InChI=1S/C20H22ClF2NO2S/c21-15-1-4-17(5-2-15)27(25,26)20(10-7-14(8-11-20)9-12-24)18-13-16(22)3-6-19(18)23/h1-6,13-14H,7-12,24H2. The third-order valence-corrected chi connectivity index (χ3v) is 8.35. The molecule has 2 aromatic carbocycles. The Labute approximate surface area is 163 Å². The maximum absolute atomic E-state index is 14.7. The molecule has 1 fully saturated rings. The van der Waals surface area contributed by atoms with Crippen LogP contribution in [-0.2, 0) is 14.6 Å². The van der Waals surface area contributed by atoms with Crippen molar-refractivity contribution < 1.29 is 17.2 Å². The molecule has 0 atom stereocenters. The van der Waals surface area contributed by atoms with E-state index < -0.39 is 26.2 Å². The number of hydrogen-bond donors (Lipinski definition) is 1. The van der Waals surface area contributed by atoms with Crippen LogP contribution in [0.1, 0.15) is 37.7 Å². The molecule has 0 aromatic heterocycles. The monoisotopic (exact) mass is 413 g/mol. The molecular formula is C20H22ClF2NO2S. The lowest BCUT2D eigenvalue weighted by Crippen LogP contribution is -2.41. The van der Waals surface area contributed by atoms with Gasteiger partial charge < -0.3 is 5.73 Å². The first-order valence-electron chi connectivity index (χ1n) is 8.96. The van der Waals surface area contributed by atoms with Gasteiger partial charge in [0.15, 0.2) is 9.84 Å². The summed E-state index contributed by atoms with van der Waals surface area (Å²) in [4.78, 5) is 0.0628. The molecule has 3 nitrogen and oxygen atoms in total. The Morgan fingerprint density at radius 1 is 1.07 bits per heavy atom. The topological polar surface area (TPSA) is 60.2 Å². The van der Waals surface area contributed by atoms with Crippen molar-refractivity contribution >= 4 is 21.4 Å². The molecule has 146 valence electrons. The van der Waals surface area contributed by atoms with E-state index in [0.29, 0.717) is 30.3 Å². The molecule has 2 aromatic rings. The predicted molar refractivity (Wildman–Crippen MR) is 102 cm³/mol. The fraction of sp³-hybridized carbons (Fsp3) is 0.400. The van der Waals surface area contributed by atoms with Gasteiger partial charge in [-0.15, -0.1) is 0 Å². The third-order valence-electron chi connectivity index (χ3n) is 5.55. The number of hydrogen-bond acceptors (Lipinski definition) is 3. The molecule has 0 saturated heterocycles. The molecule has 1 aliphatic carbocycles. The van der Waals surface area contributed by atoms with Crippen LogP contribution in [0.4, 0.5) is 8.78 Å². The average Bonchev–Trinajstić information content (AvgIpc) is 2.65. The van der Waals surface area contributed by atoms with Gasteiger partial charge >= 0.3 is 0 Å². The summed E-state index contributed by atoms with van der Waals surface area (Å²) in [5, 5.41) is 0.409. The summed E-state index contributed by atoms with van der Waals surface area (Å²) < 4.78 is 54.3. The molecule has 0 amide bonds. The lowest BCUT2D eigenvalue weighted by Gasteiger charge is -2.40. The number of benzene rings is 2. The Morgan fingerprint density at radius 3 is 2.30 bits per heavy atom. The Kier molecular flexibility index (Phi) is 5.89. The van der Waals surface area contributed by atoms with Crippen LogP contribution in [0, 0.1) is 17.6 Å². The molecule has 1 aliphatic rings. The van der Waals surface area contributed by atoms with E-state index in [0.717, 1.165) is 24.6 Å². The van der Waals surface area contributed by atoms with Crippen molar-refractivity contribution in [1.29, 1.82) is 0 Å². The number of nitrogens with two attached hydrogens (primary N) is 1. The summed E-state index contributed by atoms with van der Waals surface area (Å²) in [7, 11) is -3.97. The van der Waals surface area contributed by atoms with Gasteiger partial charge in [0.25, 0.3) is 0 Å². The van der Waals surface area contributed by atoms with Crippen LogP contribution in [-0.4, -0.2) is 15.0 Å². The molecule has 0 heterocycles. The Morgan fingerprint density at radius 2 is 1.70 bits per heavy atom. The van der Waals surface area contributed by atoms with Crippen molar-refractivity contribution in [3.05, 3.63) is 64.7 Å². The van der Waals surface area contributed by atoms with E-state index in [2.05, 4.69) is 0 Å². The smallest absolute Gasteiger partial charge is 0.188 e. The van der Waals surface area contributed by atoms with Gasteiger partial charge in [0.05, 0.1) is 4.90 Å². The molecule has 0 bridgehead atoms. The number of rotatable bonds is 5. The highest BCUT2D eigenvalue weighted by atomic mass is 35.5. The first-order chi connectivity index (χ1) is 12.8. The molecule has 0 radical (unpaired) electrons. The average molecular weight is 414 g/mol. The lowest BCUT2D eigenvalue weighted by molar-refractivity contribution is 0.277. The van der Waals surface area contributed by atoms with E-state index in [1.165, 1.54) is 24.3 Å². The molecular weight excluding hydrogens is 392 g/mol. The molecule has 2 N–H and O–H groups in total. The van der Waals surface area contributed by atoms with E-state index in [9.17, 15) is 17.2 Å². The third kappa shape index (κ3) is 3.75. The van der Waals surface area contributed by atoms with Crippen molar-refractivity contribution in [2.45, 2.75) is 41.7 Å². The second kappa shape index (κ2) is 7.86. The van der Waals surface area contributed by atoms with Crippen molar-refractivity contribution in [1.82, 2.24) is 0 Å². The van der Waals surface area contributed by atoms with Crippen molar-refractivity contribution in [2.24, 2.45) is 11.7 Å². The first kappa shape index (κ1) is 20.2. The van der Waals surface area contributed by atoms with Crippen LogP contribution >= 0.6 is 11.6 Å². The molecule has 0 spiro atoms. The Bertz CT molecular complexity index is 908. The highest BCUT2D eigenvalue weighted by Crippen LogP contribution is 2.49. The van der Waals surface area contributed by atoms with Crippen LogP contribution < -0.4 is 5.73 Å². The van der Waals surface area contributed by atoms with Crippen molar-refractivity contribution in [2.75, 3.05) is 6.54 Å². The fourth-order valence-electron chi connectivity index (χ4n) is 4.04. The first-order valence-corrected chi connectivity index (χ1v) is 10.8. The van der Waals surface area contributed by atoms with Crippen LogP contribution in [0.25, 0.3) is 0 Å². The zero-order valence-electron chi connectivity index (χ0n) is 14.8. The van der Waals surface area contributed by atoms with Gasteiger partial charge in [0.1, 0.15) is 16.4 Å². The normalized spacial score (nSPS) is 23.3. The van der Waals surface area contributed by atoms with Gasteiger partial charge in [-0.2, -0.15) is 0 Å². The van der Waals surface area contributed by atoms with Crippen LogP contribution in [0.3, 0.4) is 0 Å². The van der Waals surface area contributed by atoms with Crippen molar-refractivity contribution in [3.8, 4) is 0 Å². The highest BCUT2D eigenvalue weighted by molar-refractivity contribution is 7.92. The minimum Gasteiger partial charge on any atom is -0.330 e. The SMILES string of the molecule is NCCC1CCC(c2cc(F)ccc2F)(S(=O)(=O)c2ccc(Cl)cc2)CC1. The highest BCUT2D eigenvalue weighted by Gasteiger charge is 2.49. The second-order valence-corrected chi connectivity index (χ2v) is 9.79. The van der Waals surface area contributed by atoms with E-state index >= 15 is 0 Å². The van der Waals surface area contributed by atoms with Crippen LogP contribution in [0.15, 0.2) is 47.4 Å². The molecule has 27 heavy (non-hydrogen) atoms. The van der Waals surface area contributed by atoms with E-state index in [-0.39, 0.29) is 23.3 Å². The molecule has 7 heteroatoms. The van der Waals surface area contributed by atoms with Gasteiger partial charge in [-0.05, 0) is 87.0 Å². The second-order valence-electron chi connectivity index (χ2n) is 7.10. The summed E-state index contributed by atoms with van der Waals surface area (Å²) in [5.74, 6) is -1.06. The van der Waals surface area contributed by atoms with Crippen LogP contribution in [0.2, 0.25) is 5.02 Å². The molecule has 0 aliphatic heterocycles. The lowest BCUT2D eigenvalue weighted by atomic mass is 9.76. The fourth-order valence-corrected chi connectivity index (χ4v) is 6.33. The minimum absolute atomic E-state index is 0.0628. The molecule has 1 saturated carbocycles. The summed E-state index contributed by atoms with van der Waals surface area (Å²) in [6.07, 6.45) is 2.44. The van der Waals surface area contributed by atoms with Gasteiger partial charge in [-0.1, -0.05) is 11.6 Å². The number of halogens is 3. The molecule has 0 unspecified atom stereocenters. The quantitative estimate of drug-likeness (QED) is 0.763. The zero-order chi connectivity index (χ0) is 19.7. The minimum atomic E-state index is -3.97. The summed E-state index contributed by atoms with van der Waals surface area (Å²) in [6, 6.07) is 8.84. The van der Waals surface area contributed by atoms with E-state index in [4.69, 9.17) is 17.3 Å². The predicted octanol–water partition coefficient (Wildman–Crippen LogP) is 4.83. The van der Waals surface area contributed by atoms with Crippen molar-refractivity contribution in [3.63, 3.8) is 0 Å². The maximum atomic E-state index is 14.7. The Balaban J connectivity index is 2.14. The Hall–Kier alpha value is -1.50. The summed E-state index contributed by atoms with van der Waals surface area (Å²) in [5.41, 5.74) is 5.54.